The van der Waals surface area contributed by atoms with Crippen LogP contribution >= 0.6 is 0 Å². The van der Waals surface area contributed by atoms with Gasteiger partial charge < -0.3 is 9.88 Å². The first-order valence-electron chi connectivity index (χ1n) is 7.55. The molecule has 1 atom stereocenters. The van der Waals surface area contributed by atoms with Crippen molar-refractivity contribution in [2.75, 3.05) is 13.1 Å². The van der Waals surface area contributed by atoms with Crippen molar-refractivity contribution in [3.63, 3.8) is 0 Å². The first-order valence-corrected chi connectivity index (χ1v) is 7.55. The Kier molecular flexibility index (Phi) is 2.94. The normalized spacial score (nSPS) is 18.4. The van der Waals surface area contributed by atoms with Crippen LogP contribution < -0.4 is 11.0 Å². The number of rotatable bonds is 2. The predicted octanol–water partition coefficient (Wildman–Crippen LogP) is 1.27. The lowest BCUT2D eigenvalue weighted by atomic mass is 10.1. The van der Waals surface area contributed by atoms with Crippen molar-refractivity contribution in [3.8, 4) is 11.3 Å². The first-order chi connectivity index (χ1) is 10.7. The van der Waals surface area contributed by atoms with Gasteiger partial charge in [-0.2, -0.15) is 0 Å². The van der Waals surface area contributed by atoms with Crippen molar-refractivity contribution in [1.29, 1.82) is 0 Å². The van der Waals surface area contributed by atoms with Crippen LogP contribution in [-0.2, 0) is 14.1 Å². The topological polar surface area (TPSA) is 56.8 Å². The summed E-state index contributed by atoms with van der Waals surface area (Å²) < 4.78 is 5.61. The molecule has 6 heteroatoms. The number of aromatic nitrogens is 4. The van der Waals surface area contributed by atoms with Gasteiger partial charge in [-0.3, -0.25) is 9.13 Å². The largest absolute Gasteiger partial charge is 0.328 e. The van der Waals surface area contributed by atoms with Gasteiger partial charge in [-0.1, -0.05) is 6.07 Å². The third-order valence-electron chi connectivity index (χ3n) is 4.66. The third kappa shape index (κ3) is 1.84. The Morgan fingerprint density at radius 2 is 2.05 bits per heavy atom. The minimum atomic E-state index is 0.000602. The average molecular weight is 297 g/mol. The lowest BCUT2D eigenvalue weighted by Gasteiger charge is -2.14. The minimum absolute atomic E-state index is 0.000602. The summed E-state index contributed by atoms with van der Waals surface area (Å²) in [5.41, 5.74) is 4.10. The Labute approximate surface area is 128 Å². The van der Waals surface area contributed by atoms with E-state index in [2.05, 4.69) is 27.0 Å². The molecule has 3 heterocycles. The number of hydrogen-bond acceptors (Lipinski definition) is 3. The average Bonchev–Trinajstić information content (AvgIpc) is 3.25. The predicted molar refractivity (Wildman–Crippen MR) is 85.9 cm³/mol. The molecule has 0 amide bonds. The van der Waals surface area contributed by atoms with Crippen LogP contribution in [0, 0.1) is 0 Å². The molecule has 1 aliphatic heterocycles. The highest BCUT2D eigenvalue weighted by Crippen LogP contribution is 2.27. The number of aryl methyl sites for hydroxylation is 2. The third-order valence-corrected chi connectivity index (χ3v) is 4.66. The zero-order chi connectivity index (χ0) is 15.3. The number of hydrogen-bond donors (Lipinski definition) is 1. The summed E-state index contributed by atoms with van der Waals surface area (Å²) in [4.78, 5) is 16.4. The molecular formula is C16H19N5O. The van der Waals surface area contributed by atoms with Crippen LogP contribution in [0.3, 0.4) is 0 Å². The summed E-state index contributed by atoms with van der Waals surface area (Å²) in [5, 5.41) is 3.39. The SMILES string of the molecule is Cn1c(=O)n(C)c2cc(-c3cncn3C3CCNC3)ccc21. The highest BCUT2D eigenvalue weighted by molar-refractivity contribution is 5.81. The summed E-state index contributed by atoms with van der Waals surface area (Å²) in [5.74, 6) is 0. The van der Waals surface area contributed by atoms with Crippen LogP contribution in [0.25, 0.3) is 22.3 Å². The molecule has 0 bridgehead atoms. The van der Waals surface area contributed by atoms with E-state index in [0.29, 0.717) is 6.04 Å². The Morgan fingerprint density at radius 3 is 2.82 bits per heavy atom. The molecule has 4 rings (SSSR count). The van der Waals surface area contributed by atoms with Gasteiger partial charge in [0.25, 0.3) is 0 Å². The summed E-state index contributed by atoms with van der Waals surface area (Å²) in [6, 6.07) is 6.61. The molecule has 6 nitrogen and oxygen atoms in total. The van der Waals surface area contributed by atoms with Crippen LogP contribution in [0.4, 0.5) is 0 Å². The second-order valence-corrected chi connectivity index (χ2v) is 5.94. The monoisotopic (exact) mass is 297 g/mol. The molecule has 0 saturated carbocycles. The molecule has 0 aliphatic carbocycles. The Hall–Kier alpha value is -2.34. The Bertz CT molecular complexity index is 895. The second-order valence-electron chi connectivity index (χ2n) is 5.94. The number of benzene rings is 1. The number of nitrogens with zero attached hydrogens (tertiary/aromatic N) is 4. The summed E-state index contributed by atoms with van der Waals surface area (Å²) in [7, 11) is 3.62. The fraction of sp³-hybridized carbons (Fsp3) is 0.375. The highest BCUT2D eigenvalue weighted by Gasteiger charge is 2.19. The summed E-state index contributed by atoms with van der Waals surface area (Å²) >= 11 is 0. The zero-order valence-corrected chi connectivity index (χ0v) is 12.8. The van der Waals surface area contributed by atoms with Gasteiger partial charge in [0.2, 0.25) is 0 Å². The molecule has 1 unspecified atom stereocenters. The maximum atomic E-state index is 12.1. The number of nitrogens with one attached hydrogen (secondary N) is 1. The lowest BCUT2D eigenvalue weighted by Crippen LogP contribution is -2.19. The number of imidazole rings is 2. The quantitative estimate of drug-likeness (QED) is 0.775. The molecule has 0 radical (unpaired) electrons. The van der Waals surface area contributed by atoms with Gasteiger partial charge in [0, 0.05) is 32.2 Å². The van der Waals surface area contributed by atoms with E-state index in [0.717, 1.165) is 41.8 Å². The smallest absolute Gasteiger partial charge is 0.326 e. The fourth-order valence-corrected chi connectivity index (χ4v) is 3.36. The summed E-state index contributed by atoms with van der Waals surface area (Å²) in [6.45, 7) is 2.03. The van der Waals surface area contributed by atoms with Crippen molar-refractivity contribution in [1.82, 2.24) is 24.0 Å². The lowest BCUT2D eigenvalue weighted by molar-refractivity contribution is 0.551. The van der Waals surface area contributed by atoms with E-state index in [-0.39, 0.29) is 5.69 Å². The van der Waals surface area contributed by atoms with Gasteiger partial charge in [0.05, 0.1) is 29.3 Å². The van der Waals surface area contributed by atoms with E-state index in [9.17, 15) is 4.79 Å². The molecule has 2 aromatic heterocycles. The van der Waals surface area contributed by atoms with Crippen molar-refractivity contribution in [2.24, 2.45) is 14.1 Å². The molecule has 1 aliphatic rings. The zero-order valence-electron chi connectivity index (χ0n) is 12.8. The van der Waals surface area contributed by atoms with E-state index < -0.39 is 0 Å². The van der Waals surface area contributed by atoms with Crippen LogP contribution in [-0.4, -0.2) is 31.8 Å². The molecule has 0 spiro atoms. The van der Waals surface area contributed by atoms with Crippen molar-refractivity contribution >= 4 is 11.0 Å². The van der Waals surface area contributed by atoms with Crippen molar-refractivity contribution < 1.29 is 0 Å². The standard InChI is InChI=1S/C16H19N5O/c1-19-13-4-3-11(7-14(13)20(2)16(19)22)15-9-18-10-21(15)12-5-6-17-8-12/h3-4,7,9-10,12,17H,5-6,8H2,1-2H3. The Morgan fingerprint density at radius 1 is 1.23 bits per heavy atom. The maximum Gasteiger partial charge on any atom is 0.328 e. The molecular weight excluding hydrogens is 278 g/mol. The Balaban J connectivity index is 1.87. The fourth-order valence-electron chi connectivity index (χ4n) is 3.36. The second kappa shape index (κ2) is 4.84. The van der Waals surface area contributed by atoms with Gasteiger partial charge in [-0.05, 0) is 25.1 Å². The van der Waals surface area contributed by atoms with E-state index >= 15 is 0 Å². The molecule has 1 saturated heterocycles. The summed E-state index contributed by atoms with van der Waals surface area (Å²) in [6.07, 6.45) is 4.93. The number of fused-ring (bicyclic) bond motifs is 1. The van der Waals surface area contributed by atoms with E-state index in [1.54, 1.807) is 16.2 Å². The van der Waals surface area contributed by atoms with Crippen LogP contribution in [0.5, 0.6) is 0 Å². The van der Waals surface area contributed by atoms with Gasteiger partial charge in [0.1, 0.15) is 0 Å². The molecule has 1 aromatic carbocycles. The highest BCUT2D eigenvalue weighted by atomic mass is 16.1. The van der Waals surface area contributed by atoms with Gasteiger partial charge in [-0.25, -0.2) is 9.78 Å². The van der Waals surface area contributed by atoms with E-state index in [1.165, 1.54) is 0 Å². The molecule has 3 aromatic rings. The minimum Gasteiger partial charge on any atom is -0.326 e. The molecule has 114 valence electrons. The molecule has 22 heavy (non-hydrogen) atoms. The van der Waals surface area contributed by atoms with Crippen molar-refractivity contribution in [3.05, 3.63) is 41.2 Å². The van der Waals surface area contributed by atoms with Crippen LogP contribution in [0.1, 0.15) is 12.5 Å². The van der Waals surface area contributed by atoms with Gasteiger partial charge in [0.15, 0.2) is 0 Å². The van der Waals surface area contributed by atoms with Crippen molar-refractivity contribution in [2.45, 2.75) is 12.5 Å². The van der Waals surface area contributed by atoms with Gasteiger partial charge in [-0.15, -0.1) is 0 Å². The molecule has 1 fully saturated rings. The van der Waals surface area contributed by atoms with E-state index in [4.69, 9.17) is 0 Å². The first kappa shape index (κ1) is 13.3. The van der Waals surface area contributed by atoms with Crippen LogP contribution in [0.2, 0.25) is 0 Å². The van der Waals surface area contributed by atoms with E-state index in [1.807, 2.05) is 25.6 Å². The maximum absolute atomic E-state index is 12.1. The van der Waals surface area contributed by atoms with Crippen LogP contribution in [0.15, 0.2) is 35.5 Å². The van der Waals surface area contributed by atoms with Gasteiger partial charge >= 0.3 is 5.69 Å². The molecule has 1 N–H and O–H groups in total.